The fraction of sp³-hybridized carbons (Fsp3) is 0.923. The minimum Gasteiger partial charge on any atom is -0.741 e. The number of hydrogen-bond acceptors (Lipinski definition) is 4. The summed E-state index contributed by atoms with van der Waals surface area (Å²) in [5.41, 5.74) is -5.65. The maximum absolute atomic E-state index is 11.6. The van der Waals surface area contributed by atoms with E-state index in [0.29, 0.717) is 16.7 Å². The lowest BCUT2D eigenvalue weighted by atomic mass is 10.2. The maximum atomic E-state index is 11.6. The molecule has 0 aromatic rings. The number of carbonyl (C=O) groups excluding carboxylic acids is 1. The zero-order chi connectivity index (χ0) is 17.2. The van der Waals surface area contributed by atoms with Crippen molar-refractivity contribution in [2.24, 2.45) is 0 Å². The summed E-state index contributed by atoms with van der Waals surface area (Å²) in [5.74, 6) is 4.10. The van der Waals surface area contributed by atoms with Crippen molar-refractivity contribution in [1.29, 1.82) is 0 Å². The van der Waals surface area contributed by atoms with Gasteiger partial charge >= 0.3 is 5.51 Å². The molecule has 0 N–H and O–H groups in total. The number of rotatable bonds is 6. The lowest BCUT2D eigenvalue weighted by molar-refractivity contribution is -0.116. The molecule has 0 radical (unpaired) electrons. The third kappa shape index (κ3) is 10.4. The lowest BCUT2D eigenvalue weighted by Crippen LogP contribution is -2.25. The molecule has 1 aliphatic rings. The van der Waals surface area contributed by atoms with Crippen molar-refractivity contribution in [2.75, 3.05) is 17.3 Å². The van der Waals surface area contributed by atoms with Gasteiger partial charge in [-0.15, -0.1) is 0 Å². The molecule has 1 heterocycles. The van der Waals surface area contributed by atoms with Gasteiger partial charge in [0.2, 0.25) is 0 Å². The van der Waals surface area contributed by atoms with Gasteiger partial charge in [0.1, 0.15) is 11.5 Å². The number of halogens is 3. The molecule has 0 aliphatic carbocycles. The van der Waals surface area contributed by atoms with E-state index in [0.717, 1.165) is 18.6 Å². The number of hydrogen-bond donors (Lipinski definition) is 0. The van der Waals surface area contributed by atoms with Crippen LogP contribution in [0.4, 0.5) is 13.2 Å². The second-order valence-electron chi connectivity index (χ2n) is 5.12. The molecule has 9 heteroatoms. The highest BCUT2D eigenvalue weighted by molar-refractivity contribution is 7.97. The molecule has 1 saturated heterocycles. The molecular formula is C13H23F3O4S2. The standard InChI is InChI=1S/C12H23OS.CHF3O3S/c1-2-3-5-8-12(13)11-14-9-6-4-7-10-14;2-1(3,4)8(5,6)7/h2-11H2,1H3;(H,5,6,7)/q+1;/p-1. The van der Waals surface area contributed by atoms with Crippen LogP contribution in [-0.4, -0.2) is 41.5 Å². The monoisotopic (exact) mass is 364 g/mol. The number of alkyl halides is 3. The summed E-state index contributed by atoms with van der Waals surface area (Å²) in [5, 5.41) is 0. The van der Waals surface area contributed by atoms with E-state index < -0.39 is 15.6 Å². The van der Waals surface area contributed by atoms with E-state index in [1.807, 2.05) is 0 Å². The molecule has 4 nitrogen and oxygen atoms in total. The Morgan fingerprint density at radius 3 is 2.05 bits per heavy atom. The second-order valence-corrected chi connectivity index (χ2v) is 8.82. The first-order valence-corrected chi connectivity index (χ1v) is 10.4. The number of Topliss-reactive ketones (excluding diaryl/α,β-unsaturated/α-hetero) is 1. The quantitative estimate of drug-likeness (QED) is 0.314. The first-order valence-electron chi connectivity index (χ1n) is 7.26. The normalized spacial score (nSPS) is 16.8. The number of unbranched alkanes of at least 4 members (excludes halogenated alkanes) is 2. The van der Waals surface area contributed by atoms with Crippen molar-refractivity contribution in [3.63, 3.8) is 0 Å². The minimum absolute atomic E-state index is 0.470. The van der Waals surface area contributed by atoms with Crippen molar-refractivity contribution in [1.82, 2.24) is 0 Å². The summed E-state index contributed by atoms with van der Waals surface area (Å²) in [6.07, 6.45) is 8.53. The summed E-state index contributed by atoms with van der Waals surface area (Å²) < 4.78 is 58.9. The Bertz CT molecular complexity index is 415. The predicted octanol–water partition coefficient (Wildman–Crippen LogP) is 2.99. The van der Waals surface area contributed by atoms with Crippen LogP contribution >= 0.6 is 0 Å². The molecule has 1 fully saturated rings. The molecule has 0 unspecified atom stereocenters. The van der Waals surface area contributed by atoms with Gasteiger partial charge in [-0.1, -0.05) is 19.8 Å². The van der Waals surface area contributed by atoms with Gasteiger partial charge in [0.25, 0.3) is 0 Å². The van der Waals surface area contributed by atoms with Crippen molar-refractivity contribution < 1.29 is 30.9 Å². The Morgan fingerprint density at radius 2 is 1.64 bits per heavy atom. The smallest absolute Gasteiger partial charge is 0.485 e. The molecule has 0 saturated carbocycles. The highest BCUT2D eigenvalue weighted by Crippen LogP contribution is 2.20. The minimum atomic E-state index is -6.09. The SMILES string of the molecule is CCCCCC(=O)C[S+]1CCCCC1.O=S(=O)([O-])C(F)(F)F. The fourth-order valence-electron chi connectivity index (χ4n) is 1.91. The van der Waals surface area contributed by atoms with Gasteiger partial charge in [0.05, 0.1) is 0 Å². The molecule has 0 bridgehead atoms. The van der Waals surface area contributed by atoms with Crippen molar-refractivity contribution in [2.45, 2.75) is 57.4 Å². The Hall–Kier alpha value is -0.280. The van der Waals surface area contributed by atoms with Crippen LogP contribution in [0.5, 0.6) is 0 Å². The van der Waals surface area contributed by atoms with Crippen molar-refractivity contribution in [3.8, 4) is 0 Å². The van der Waals surface area contributed by atoms with Crippen LogP contribution in [0, 0.1) is 0 Å². The van der Waals surface area contributed by atoms with Gasteiger partial charge in [-0.25, -0.2) is 8.42 Å². The average Bonchev–Trinajstić information content (AvgIpc) is 2.38. The van der Waals surface area contributed by atoms with Crippen LogP contribution in [0.25, 0.3) is 0 Å². The lowest BCUT2D eigenvalue weighted by Gasteiger charge is -2.12. The highest BCUT2D eigenvalue weighted by Gasteiger charge is 2.36. The van der Waals surface area contributed by atoms with Crippen molar-refractivity contribution in [3.05, 3.63) is 0 Å². The van der Waals surface area contributed by atoms with Gasteiger partial charge in [-0.05, 0) is 36.6 Å². The van der Waals surface area contributed by atoms with Gasteiger partial charge in [-0.2, -0.15) is 13.2 Å². The van der Waals surface area contributed by atoms with Crippen LogP contribution in [0.3, 0.4) is 0 Å². The first-order chi connectivity index (χ1) is 10.1. The van der Waals surface area contributed by atoms with E-state index in [9.17, 15) is 18.0 Å². The Labute approximate surface area is 132 Å². The molecule has 1 rings (SSSR count). The molecule has 22 heavy (non-hydrogen) atoms. The van der Waals surface area contributed by atoms with Gasteiger partial charge < -0.3 is 4.55 Å². The van der Waals surface area contributed by atoms with E-state index in [2.05, 4.69) is 6.92 Å². The Kier molecular flexibility index (Phi) is 10.4. The van der Waals surface area contributed by atoms with Crippen LogP contribution in [0.2, 0.25) is 0 Å². The van der Waals surface area contributed by atoms with Gasteiger partial charge in [0.15, 0.2) is 21.7 Å². The number of ketones is 1. The largest absolute Gasteiger partial charge is 0.741 e. The van der Waals surface area contributed by atoms with Gasteiger partial charge in [0, 0.05) is 6.42 Å². The van der Waals surface area contributed by atoms with Gasteiger partial charge in [-0.3, -0.25) is 4.79 Å². The third-order valence-corrected chi connectivity index (χ3v) is 6.10. The van der Waals surface area contributed by atoms with Crippen LogP contribution in [-0.2, 0) is 25.8 Å². The van der Waals surface area contributed by atoms with E-state index in [1.54, 1.807) is 0 Å². The Morgan fingerprint density at radius 1 is 1.14 bits per heavy atom. The van der Waals surface area contributed by atoms with E-state index >= 15 is 0 Å². The first kappa shape index (κ1) is 21.7. The Balaban J connectivity index is 0.000000472. The second kappa shape index (κ2) is 10.5. The fourth-order valence-corrected chi connectivity index (χ4v) is 4.22. The van der Waals surface area contributed by atoms with E-state index in [4.69, 9.17) is 13.0 Å². The summed E-state index contributed by atoms with van der Waals surface area (Å²) in [6.45, 7) is 2.19. The van der Waals surface area contributed by atoms with E-state index in [-0.39, 0.29) is 0 Å². The van der Waals surface area contributed by atoms with Crippen molar-refractivity contribution >= 4 is 26.8 Å². The molecule has 0 aromatic carbocycles. The molecule has 132 valence electrons. The highest BCUT2D eigenvalue weighted by atomic mass is 32.2. The molecule has 0 spiro atoms. The summed E-state index contributed by atoms with van der Waals surface area (Å²) >= 11 is 0. The topological polar surface area (TPSA) is 74.3 Å². The molecule has 1 aliphatic heterocycles. The average molecular weight is 364 g/mol. The molecule has 0 aromatic heterocycles. The molecular weight excluding hydrogens is 341 g/mol. The predicted molar refractivity (Wildman–Crippen MR) is 80.7 cm³/mol. The van der Waals surface area contributed by atoms with Crippen LogP contribution in [0.1, 0.15) is 51.9 Å². The zero-order valence-corrected chi connectivity index (χ0v) is 14.3. The van der Waals surface area contributed by atoms with E-state index in [1.165, 1.54) is 43.6 Å². The number of carbonyl (C=O) groups is 1. The maximum Gasteiger partial charge on any atom is 0.485 e. The summed E-state index contributed by atoms with van der Waals surface area (Å²) in [6, 6.07) is 0. The summed E-state index contributed by atoms with van der Waals surface area (Å²) in [4.78, 5) is 11.6. The molecule has 0 amide bonds. The molecule has 0 atom stereocenters. The van der Waals surface area contributed by atoms with Crippen LogP contribution in [0.15, 0.2) is 0 Å². The summed E-state index contributed by atoms with van der Waals surface area (Å²) in [7, 11) is -5.62. The zero-order valence-electron chi connectivity index (χ0n) is 12.7. The third-order valence-electron chi connectivity index (χ3n) is 3.07. The van der Waals surface area contributed by atoms with Crippen LogP contribution < -0.4 is 0 Å².